The zero-order valence-electron chi connectivity index (χ0n) is 15.2. The van der Waals surface area contributed by atoms with Gasteiger partial charge in [0.15, 0.2) is 6.61 Å². The van der Waals surface area contributed by atoms with E-state index in [1.54, 1.807) is 6.92 Å². The normalized spacial score (nSPS) is 12.4. The van der Waals surface area contributed by atoms with Crippen LogP contribution in [0.5, 0.6) is 0 Å². The number of hydrogen-bond donors (Lipinski definition) is 1. The number of halogens is 3. The summed E-state index contributed by atoms with van der Waals surface area (Å²) < 4.78 is 43.6. The number of rotatable bonds is 5. The van der Waals surface area contributed by atoms with Crippen molar-refractivity contribution in [3.05, 3.63) is 70.3 Å². The van der Waals surface area contributed by atoms with Crippen molar-refractivity contribution in [3.8, 4) is 0 Å². The highest BCUT2D eigenvalue weighted by Crippen LogP contribution is 2.32. The third-order valence-electron chi connectivity index (χ3n) is 4.20. The van der Waals surface area contributed by atoms with Crippen LogP contribution in [0.25, 0.3) is 0 Å². The molecule has 0 aliphatic rings. The van der Waals surface area contributed by atoms with Crippen molar-refractivity contribution in [2.24, 2.45) is 0 Å². The molecule has 2 aromatic carbocycles. The number of nitrogens with one attached hydrogen (secondary N) is 1. The zero-order chi connectivity index (χ0) is 20.2. The maximum Gasteiger partial charge on any atom is 0.417 e. The molecule has 27 heavy (non-hydrogen) atoms. The summed E-state index contributed by atoms with van der Waals surface area (Å²) in [5.41, 5.74) is 1.34. The van der Waals surface area contributed by atoms with E-state index in [-0.39, 0.29) is 6.04 Å². The van der Waals surface area contributed by atoms with Crippen LogP contribution >= 0.6 is 0 Å². The van der Waals surface area contributed by atoms with E-state index in [1.165, 1.54) is 12.1 Å². The lowest BCUT2D eigenvalue weighted by atomic mass is 10.0. The molecule has 0 unspecified atom stereocenters. The van der Waals surface area contributed by atoms with Crippen LogP contribution in [0, 0.1) is 13.8 Å². The first kappa shape index (κ1) is 20.5. The number of ether oxygens (including phenoxy) is 1. The van der Waals surface area contributed by atoms with Gasteiger partial charge in [-0.2, -0.15) is 13.2 Å². The van der Waals surface area contributed by atoms with Crippen molar-refractivity contribution in [3.63, 3.8) is 0 Å². The average molecular weight is 379 g/mol. The maximum atomic E-state index is 12.9. The highest BCUT2D eigenvalue weighted by Gasteiger charge is 2.35. The quantitative estimate of drug-likeness (QED) is 0.786. The van der Waals surface area contributed by atoms with E-state index in [0.29, 0.717) is 0 Å². The molecule has 0 radical (unpaired) electrons. The van der Waals surface area contributed by atoms with Gasteiger partial charge in [0.05, 0.1) is 17.2 Å². The van der Waals surface area contributed by atoms with Gasteiger partial charge >= 0.3 is 12.1 Å². The molecule has 0 heterocycles. The minimum Gasteiger partial charge on any atom is -0.452 e. The van der Waals surface area contributed by atoms with Crippen molar-refractivity contribution in [2.75, 3.05) is 6.61 Å². The Balaban J connectivity index is 1.97. The molecule has 0 spiro atoms. The summed E-state index contributed by atoms with van der Waals surface area (Å²) >= 11 is 0. The molecule has 144 valence electrons. The Morgan fingerprint density at radius 1 is 1.07 bits per heavy atom. The number of esters is 1. The van der Waals surface area contributed by atoms with Crippen LogP contribution in [0.2, 0.25) is 0 Å². The van der Waals surface area contributed by atoms with Crippen molar-refractivity contribution in [1.82, 2.24) is 5.32 Å². The van der Waals surface area contributed by atoms with Gasteiger partial charge in [-0.3, -0.25) is 4.79 Å². The molecule has 1 atom stereocenters. The summed E-state index contributed by atoms with van der Waals surface area (Å²) in [5, 5.41) is 2.66. The van der Waals surface area contributed by atoms with Gasteiger partial charge < -0.3 is 10.1 Å². The van der Waals surface area contributed by atoms with E-state index in [0.717, 1.165) is 28.8 Å². The molecule has 0 saturated carbocycles. The van der Waals surface area contributed by atoms with Gasteiger partial charge in [-0.25, -0.2) is 4.79 Å². The van der Waals surface area contributed by atoms with Crippen molar-refractivity contribution in [1.29, 1.82) is 0 Å². The number of aryl methyl sites for hydroxylation is 2. The van der Waals surface area contributed by atoms with Gasteiger partial charge in [-0.1, -0.05) is 30.3 Å². The van der Waals surface area contributed by atoms with Crippen LogP contribution in [0.4, 0.5) is 13.2 Å². The molecule has 1 N–H and O–H groups in total. The molecule has 0 saturated heterocycles. The average Bonchev–Trinajstić information content (AvgIpc) is 2.61. The highest BCUT2D eigenvalue weighted by molar-refractivity contribution is 5.93. The summed E-state index contributed by atoms with van der Waals surface area (Å²) in [4.78, 5) is 23.9. The summed E-state index contributed by atoms with van der Waals surface area (Å²) in [7, 11) is 0. The summed E-state index contributed by atoms with van der Waals surface area (Å²) in [5.74, 6) is -1.80. The van der Waals surface area contributed by atoms with Gasteiger partial charge in [-0.15, -0.1) is 0 Å². The van der Waals surface area contributed by atoms with E-state index >= 15 is 0 Å². The second-order valence-electron chi connectivity index (χ2n) is 6.25. The highest BCUT2D eigenvalue weighted by atomic mass is 19.4. The van der Waals surface area contributed by atoms with Crippen molar-refractivity contribution in [2.45, 2.75) is 33.0 Å². The molecule has 0 bridgehead atoms. The Bertz CT molecular complexity index is 847. The van der Waals surface area contributed by atoms with E-state index in [1.807, 2.05) is 32.0 Å². The number of carbonyl (C=O) groups is 2. The van der Waals surface area contributed by atoms with Gasteiger partial charge in [0.25, 0.3) is 5.91 Å². The summed E-state index contributed by atoms with van der Waals surface area (Å²) in [6, 6.07) is 9.69. The smallest absolute Gasteiger partial charge is 0.417 e. The Morgan fingerprint density at radius 2 is 1.74 bits per heavy atom. The van der Waals surface area contributed by atoms with E-state index < -0.39 is 35.8 Å². The maximum absolute atomic E-state index is 12.9. The van der Waals surface area contributed by atoms with Gasteiger partial charge in [0.2, 0.25) is 0 Å². The van der Waals surface area contributed by atoms with Gasteiger partial charge in [0.1, 0.15) is 0 Å². The molecule has 0 aliphatic carbocycles. The van der Waals surface area contributed by atoms with E-state index in [9.17, 15) is 22.8 Å². The lowest BCUT2D eigenvalue weighted by Crippen LogP contribution is -2.31. The molecule has 2 rings (SSSR count). The van der Waals surface area contributed by atoms with Crippen LogP contribution in [0.15, 0.2) is 42.5 Å². The fourth-order valence-electron chi connectivity index (χ4n) is 2.52. The number of hydrogen-bond acceptors (Lipinski definition) is 3. The molecule has 0 aliphatic heterocycles. The Kier molecular flexibility index (Phi) is 6.25. The Labute approximate surface area is 155 Å². The van der Waals surface area contributed by atoms with Crippen molar-refractivity contribution >= 4 is 11.9 Å². The fraction of sp³-hybridized carbons (Fsp3) is 0.300. The zero-order valence-corrected chi connectivity index (χ0v) is 15.2. The van der Waals surface area contributed by atoms with Crippen LogP contribution in [-0.2, 0) is 15.7 Å². The number of amides is 1. The molecule has 7 heteroatoms. The molecule has 0 fully saturated rings. The molecule has 1 amide bonds. The number of benzene rings is 2. The van der Waals surface area contributed by atoms with Crippen LogP contribution in [-0.4, -0.2) is 18.5 Å². The molecular weight excluding hydrogens is 359 g/mol. The largest absolute Gasteiger partial charge is 0.452 e. The van der Waals surface area contributed by atoms with Gasteiger partial charge in [0, 0.05) is 0 Å². The van der Waals surface area contributed by atoms with Crippen LogP contribution in [0.1, 0.15) is 45.6 Å². The third-order valence-corrected chi connectivity index (χ3v) is 4.20. The van der Waals surface area contributed by atoms with E-state index in [4.69, 9.17) is 4.74 Å². The lowest BCUT2D eigenvalue weighted by molar-refractivity contribution is -0.138. The minimum absolute atomic E-state index is 0.335. The summed E-state index contributed by atoms with van der Waals surface area (Å²) in [6.45, 7) is 5.02. The third kappa shape index (κ3) is 5.32. The second kappa shape index (κ2) is 8.24. The molecule has 2 aromatic rings. The van der Waals surface area contributed by atoms with E-state index in [2.05, 4.69) is 5.32 Å². The monoisotopic (exact) mass is 379 g/mol. The molecular formula is C20H20F3NO3. The molecule has 0 aromatic heterocycles. The van der Waals surface area contributed by atoms with Crippen molar-refractivity contribution < 1.29 is 27.5 Å². The Morgan fingerprint density at radius 3 is 2.37 bits per heavy atom. The summed E-state index contributed by atoms with van der Waals surface area (Å²) in [6.07, 6.45) is -4.68. The molecule has 4 nitrogen and oxygen atoms in total. The first-order chi connectivity index (χ1) is 12.6. The number of alkyl halides is 3. The first-order valence-electron chi connectivity index (χ1n) is 8.29. The predicted octanol–water partition coefficient (Wildman–Crippen LogP) is 4.36. The Hall–Kier alpha value is -2.83. The predicted molar refractivity (Wildman–Crippen MR) is 94.2 cm³/mol. The van der Waals surface area contributed by atoms with Gasteiger partial charge in [-0.05, 0) is 49.6 Å². The SMILES string of the molecule is Cc1ccc([C@H](C)NC(=O)COC(=O)c2ccccc2C(F)(F)F)cc1C. The number of carbonyl (C=O) groups excluding carboxylic acids is 2. The van der Waals surface area contributed by atoms with Crippen LogP contribution in [0.3, 0.4) is 0 Å². The topological polar surface area (TPSA) is 55.4 Å². The second-order valence-corrected chi connectivity index (χ2v) is 6.25. The minimum atomic E-state index is -4.68. The fourth-order valence-corrected chi connectivity index (χ4v) is 2.52. The standard InChI is InChI=1S/C20H20F3NO3/c1-12-8-9-15(10-13(12)2)14(3)24-18(25)11-27-19(26)16-6-4-5-7-17(16)20(21,22)23/h4-10,14H,11H2,1-3H3,(H,24,25)/t14-/m0/s1. The van der Waals surface area contributed by atoms with Crippen LogP contribution < -0.4 is 5.32 Å². The lowest BCUT2D eigenvalue weighted by Gasteiger charge is -2.16. The first-order valence-corrected chi connectivity index (χ1v) is 8.29.